The normalized spacial score (nSPS) is 11.7. The smallest absolute Gasteiger partial charge is 0.164 e. The van der Waals surface area contributed by atoms with E-state index in [9.17, 15) is 0 Å². The van der Waals surface area contributed by atoms with Gasteiger partial charge >= 0.3 is 0 Å². The van der Waals surface area contributed by atoms with E-state index in [1.54, 1.807) is 0 Å². The van der Waals surface area contributed by atoms with Gasteiger partial charge in [0.05, 0.1) is 5.69 Å². The number of fused-ring (bicyclic) bond motifs is 9. The molecule has 0 aliphatic rings. The summed E-state index contributed by atoms with van der Waals surface area (Å²) in [5, 5.41) is 8.70. The number of rotatable bonds is 6. The molecule has 12 aromatic rings. The number of benzene rings is 9. The Morgan fingerprint density at radius 3 is 1.68 bits per heavy atom. The zero-order valence-corrected chi connectivity index (χ0v) is 31.6. The molecule has 3 aromatic heterocycles. The molecule has 6 nitrogen and oxygen atoms in total. The van der Waals surface area contributed by atoms with Crippen molar-refractivity contribution in [3.05, 3.63) is 194 Å². The van der Waals surface area contributed by atoms with E-state index in [4.69, 9.17) is 23.8 Å². The van der Waals surface area contributed by atoms with Crippen LogP contribution in [0.3, 0.4) is 0 Å². The third-order valence-corrected chi connectivity index (χ3v) is 11.3. The van der Waals surface area contributed by atoms with E-state index in [0.29, 0.717) is 17.5 Å². The lowest BCUT2D eigenvalue weighted by molar-refractivity contribution is 0.668. The second-order valence-corrected chi connectivity index (χ2v) is 14.8. The molecule has 0 aliphatic heterocycles. The average Bonchev–Trinajstić information content (AvgIpc) is 3.88. The van der Waals surface area contributed by atoms with Gasteiger partial charge in [0.2, 0.25) is 0 Å². The lowest BCUT2D eigenvalue weighted by atomic mass is 10.0. The van der Waals surface area contributed by atoms with E-state index in [1.807, 2.05) is 84.9 Å². The molecule has 0 saturated heterocycles. The number of hydrogen-bond donors (Lipinski definition) is 0. The number of furan rings is 2. The number of anilines is 3. The van der Waals surface area contributed by atoms with Crippen molar-refractivity contribution in [3.8, 4) is 34.2 Å². The average molecular weight is 757 g/mol. The Labute approximate surface area is 338 Å². The summed E-state index contributed by atoms with van der Waals surface area (Å²) >= 11 is 0. The zero-order chi connectivity index (χ0) is 38.9. The summed E-state index contributed by atoms with van der Waals surface area (Å²) < 4.78 is 13.0. The largest absolute Gasteiger partial charge is 0.456 e. The Bertz CT molecular complexity index is 3570. The minimum absolute atomic E-state index is 0.537. The second kappa shape index (κ2) is 13.3. The maximum atomic E-state index is 6.71. The van der Waals surface area contributed by atoms with Gasteiger partial charge < -0.3 is 13.7 Å². The highest BCUT2D eigenvalue weighted by molar-refractivity contribution is 6.15. The van der Waals surface area contributed by atoms with Crippen LogP contribution in [0.25, 0.3) is 99.6 Å². The highest BCUT2D eigenvalue weighted by atomic mass is 16.3. The topological polar surface area (TPSA) is 68.2 Å². The molecular weight excluding hydrogens is 725 g/mol. The molecule has 0 N–H and O–H groups in total. The number of para-hydroxylation sites is 3. The first-order valence-corrected chi connectivity index (χ1v) is 19.7. The molecule has 9 aromatic carbocycles. The molecule has 12 rings (SSSR count). The van der Waals surface area contributed by atoms with Crippen molar-refractivity contribution in [2.75, 3.05) is 4.90 Å². The van der Waals surface area contributed by atoms with Crippen molar-refractivity contribution >= 4 is 82.5 Å². The van der Waals surface area contributed by atoms with E-state index >= 15 is 0 Å². The lowest BCUT2D eigenvalue weighted by Gasteiger charge is -2.26. The minimum Gasteiger partial charge on any atom is -0.456 e. The summed E-state index contributed by atoms with van der Waals surface area (Å²) in [5.41, 5.74) is 8.63. The Balaban J connectivity index is 1.14. The van der Waals surface area contributed by atoms with Gasteiger partial charge in [-0.15, -0.1) is 0 Å². The monoisotopic (exact) mass is 756 g/mol. The molecule has 0 radical (unpaired) electrons. The van der Waals surface area contributed by atoms with Crippen molar-refractivity contribution < 1.29 is 8.83 Å². The Hall–Kier alpha value is -8.09. The fourth-order valence-corrected chi connectivity index (χ4v) is 8.60. The van der Waals surface area contributed by atoms with Gasteiger partial charge in [0, 0.05) is 55.7 Å². The maximum Gasteiger partial charge on any atom is 0.164 e. The Morgan fingerprint density at radius 2 is 0.898 bits per heavy atom. The van der Waals surface area contributed by atoms with Gasteiger partial charge in [-0.3, -0.25) is 0 Å². The van der Waals surface area contributed by atoms with Crippen molar-refractivity contribution in [1.29, 1.82) is 0 Å². The highest BCUT2D eigenvalue weighted by Crippen LogP contribution is 2.45. The van der Waals surface area contributed by atoms with Crippen LogP contribution in [0.4, 0.5) is 17.1 Å². The van der Waals surface area contributed by atoms with Crippen LogP contribution in [-0.2, 0) is 0 Å². The van der Waals surface area contributed by atoms with Crippen molar-refractivity contribution in [3.63, 3.8) is 0 Å². The minimum atomic E-state index is 0.537. The summed E-state index contributed by atoms with van der Waals surface area (Å²) in [5.74, 6) is 1.66. The first kappa shape index (κ1) is 33.1. The standard InChI is InChI=1S/C53H32N4O2/c1-3-15-34(16-4-1)51-54-52(43-22-13-25-47-49(43)41-20-9-11-23-45(41)58-47)56-53(55-51)44-31-38(32-48-50(44)42-21-10-12-24-46(42)59-48)57(36-17-5-2-6-18-36)37-28-29-40-35(30-37)27-26-33-14-7-8-19-39(33)40/h1-32H. The fraction of sp³-hybridized carbons (Fsp3) is 0. The van der Waals surface area contributed by atoms with Crippen LogP contribution < -0.4 is 4.90 Å². The summed E-state index contributed by atoms with van der Waals surface area (Å²) in [6, 6.07) is 66.9. The molecule has 0 amide bonds. The van der Waals surface area contributed by atoms with Crippen LogP contribution in [0.1, 0.15) is 0 Å². The van der Waals surface area contributed by atoms with Crippen LogP contribution >= 0.6 is 0 Å². The summed E-state index contributed by atoms with van der Waals surface area (Å²) in [7, 11) is 0. The van der Waals surface area contributed by atoms with Gasteiger partial charge in [-0.05, 0) is 70.1 Å². The summed E-state index contributed by atoms with van der Waals surface area (Å²) in [6.45, 7) is 0. The Morgan fingerprint density at radius 1 is 0.322 bits per heavy atom. The molecule has 276 valence electrons. The molecule has 0 spiro atoms. The van der Waals surface area contributed by atoms with E-state index in [2.05, 4.69) is 114 Å². The molecular formula is C53H32N4O2. The van der Waals surface area contributed by atoms with Crippen molar-refractivity contribution in [2.45, 2.75) is 0 Å². The van der Waals surface area contributed by atoms with Crippen LogP contribution in [0, 0.1) is 0 Å². The Kier molecular flexibility index (Phi) is 7.43. The number of hydrogen-bond acceptors (Lipinski definition) is 6. The van der Waals surface area contributed by atoms with Gasteiger partial charge in [-0.1, -0.05) is 140 Å². The van der Waals surface area contributed by atoms with Crippen LogP contribution in [-0.4, -0.2) is 15.0 Å². The second-order valence-electron chi connectivity index (χ2n) is 14.8. The van der Waals surface area contributed by atoms with E-state index in [0.717, 1.165) is 83.0 Å². The third-order valence-electron chi connectivity index (χ3n) is 11.3. The van der Waals surface area contributed by atoms with Crippen LogP contribution in [0.2, 0.25) is 0 Å². The first-order valence-electron chi connectivity index (χ1n) is 19.7. The van der Waals surface area contributed by atoms with Crippen molar-refractivity contribution in [2.24, 2.45) is 0 Å². The van der Waals surface area contributed by atoms with Gasteiger partial charge in [0.1, 0.15) is 22.3 Å². The molecule has 0 bridgehead atoms. The molecule has 0 aliphatic carbocycles. The van der Waals surface area contributed by atoms with Crippen molar-refractivity contribution in [1.82, 2.24) is 15.0 Å². The SMILES string of the molecule is c1ccc(-c2nc(-c3cccc4oc5ccccc5c34)nc(-c3cc(N(c4ccccc4)c4ccc5c(ccc6ccccc65)c4)cc4oc5ccccc5c34)n2)cc1. The number of aromatic nitrogens is 3. The van der Waals surface area contributed by atoms with E-state index in [1.165, 1.54) is 16.2 Å². The quantitative estimate of drug-likeness (QED) is 0.157. The molecule has 0 saturated carbocycles. The van der Waals surface area contributed by atoms with Crippen LogP contribution in [0.5, 0.6) is 0 Å². The van der Waals surface area contributed by atoms with E-state index < -0.39 is 0 Å². The molecule has 0 atom stereocenters. The molecule has 6 heteroatoms. The fourth-order valence-electron chi connectivity index (χ4n) is 8.60. The molecule has 0 fully saturated rings. The van der Waals surface area contributed by atoms with E-state index in [-0.39, 0.29) is 0 Å². The highest BCUT2D eigenvalue weighted by Gasteiger charge is 2.24. The lowest BCUT2D eigenvalue weighted by Crippen LogP contribution is -2.10. The molecule has 59 heavy (non-hydrogen) atoms. The predicted octanol–water partition coefficient (Wildman–Crippen LogP) is 14.4. The first-order chi connectivity index (χ1) is 29.2. The van der Waals surface area contributed by atoms with Gasteiger partial charge in [0.15, 0.2) is 17.5 Å². The third kappa shape index (κ3) is 5.46. The van der Waals surface area contributed by atoms with Crippen LogP contribution in [0.15, 0.2) is 203 Å². The zero-order valence-electron chi connectivity index (χ0n) is 31.6. The maximum absolute atomic E-state index is 6.71. The number of nitrogens with zero attached hydrogens (tertiary/aromatic N) is 4. The summed E-state index contributed by atoms with van der Waals surface area (Å²) in [4.78, 5) is 18.1. The molecule has 3 heterocycles. The van der Waals surface area contributed by atoms with Gasteiger partial charge in [-0.2, -0.15) is 0 Å². The molecule has 0 unspecified atom stereocenters. The summed E-state index contributed by atoms with van der Waals surface area (Å²) in [6.07, 6.45) is 0. The van der Waals surface area contributed by atoms with Gasteiger partial charge in [0.25, 0.3) is 0 Å². The predicted molar refractivity (Wildman–Crippen MR) is 240 cm³/mol. The van der Waals surface area contributed by atoms with Gasteiger partial charge in [-0.25, -0.2) is 15.0 Å².